The highest BCUT2D eigenvalue weighted by Gasteiger charge is 2.30. The highest BCUT2D eigenvalue weighted by molar-refractivity contribution is 5.81. The minimum absolute atomic E-state index is 0.0693. The smallest absolute Gasteiger partial charge is 0.239 e. The average molecular weight is 381 g/mol. The number of likely N-dealkylation sites (N-methyl/N-ethyl adjacent to an activating group) is 1. The van der Waals surface area contributed by atoms with Crippen LogP contribution in [0.25, 0.3) is 0 Å². The molecular formula is C20H40N6O. The molecule has 0 aliphatic carbocycles. The molecule has 2 aliphatic heterocycles. The first kappa shape index (κ1) is 22.0. The number of rotatable bonds is 9. The molecule has 0 aromatic heterocycles. The number of hydrogen-bond acceptors (Lipinski definition) is 4. The van der Waals surface area contributed by atoms with E-state index in [2.05, 4.69) is 27.4 Å². The van der Waals surface area contributed by atoms with Gasteiger partial charge in [0.15, 0.2) is 5.96 Å². The molecule has 0 radical (unpaired) electrons. The van der Waals surface area contributed by atoms with Crippen LogP contribution in [0.1, 0.15) is 45.4 Å². The van der Waals surface area contributed by atoms with E-state index in [1.54, 1.807) is 4.90 Å². The van der Waals surface area contributed by atoms with Crippen LogP contribution in [-0.4, -0.2) is 99.1 Å². The summed E-state index contributed by atoms with van der Waals surface area (Å²) in [6.45, 7) is 10.2. The number of carbonyl (C=O) groups excluding carboxylic acids is 1. The maximum Gasteiger partial charge on any atom is 0.239 e. The molecule has 1 amide bonds. The molecule has 2 N–H and O–H groups in total. The predicted octanol–water partition coefficient (Wildman–Crippen LogP) is 0.970. The SMILES string of the molecule is CCNC(=NCCCN1CCCC1C(=O)N(C)C)NCCN1CCCCC1. The van der Waals surface area contributed by atoms with Crippen molar-refractivity contribution in [3.8, 4) is 0 Å². The van der Waals surface area contributed by atoms with E-state index in [0.29, 0.717) is 0 Å². The molecular weight excluding hydrogens is 340 g/mol. The van der Waals surface area contributed by atoms with E-state index in [0.717, 1.165) is 64.5 Å². The third-order valence-corrected chi connectivity index (χ3v) is 5.48. The zero-order valence-corrected chi connectivity index (χ0v) is 17.7. The number of guanidine groups is 1. The van der Waals surface area contributed by atoms with Crippen LogP contribution < -0.4 is 10.6 Å². The molecule has 7 nitrogen and oxygen atoms in total. The Morgan fingerprint density at radius 3 is 2.56 bits per heavy atom. The van der Waals surface area contributed by atoms with Gasteiger partial charge in [0.1, 0.15) is 0 Å². The minimum atomic E-state index is 0.0693. The van der Waals surface area contributed by atoms with Crippen LogP contribution in [0, 0.1) is 0 Å². The Morgan fingerprint density at radius 2 is 1.85 bits per heavy atom. The number of nitrogens with zero attached hydrogens (tertiary/aromatic N) is 4. The van der Waals surface area contributed by atoms with Crippen molar-refractivity contribution in [3.63, 3.8) is 0 Å². The first-order valence-electron chi connectivity index (χ1n) is 10.8. The average Bonchev–Trinajstić information content (AvgIpc) is 3.13. The lowest BCUT2D eigenvalue weighted by molar-refractivity contribution is -0.133. The fourth-order valence-corrected chi connectivity index (χ4v) is 3.99. The molecule has 0 aromatic rings. The molecule has 27 heavy (non-hydrogen) atoms. The molecule has 0 spiro atoms. The molecule has 0 saturated carbocycles. The van der Waals surface area contributed by atoms with Gasteiger partial charge in [-0.05, 0) is 58.7 Å². The Kier molecular flexibility index (Phi) is 9.91. The quantitative estimate of drug-likeness (QED) is 0.355. The fraction of sp³-hybridized carbons (Fsp3) is 0.900. The molecule has 2 saturated heterocycles. The van der Waals surface area contributed by atoms with E-state index in [1.807, 2.05) is 14.1 Å². The maximum atomic E-state index is 12.3. The van der Waals surface area contributed by atoms with Crippen molar-refractivity contribution in [2.75, 3.05) is 66.5 Å². The maximum absolute atomic E-state index is 12.3. The Morgan fingerprint density at radius 1 is 1.07 bits per heavy atom. The fourth-order valence-electron chi connectivity index (χ4n) is 3.99. The van der Waals surface area contributed by atoms with Crippen LogP contribution >= 0.6 is 0 Å². The third-order valence-electron chi connectivity index (χ3n) is 5.48. The number of nitrogens with one attached hydrogen (secondary N) is 2. The normalized spacial score (nSPS) is 22.0. The van der Waals surface area contributed by atoms with Crippen LogP contribution in [0.4, 0.5) is 0 Å². The summed E-state index contributed by atoms with van der Waals surface area (Å²) < 4.78 is 0. The van der Waals surface area contributed by atoms with Crippen LogP contribution in [0.5, 0.6) is 0 Å². The Hall–Kier alpha value is -1.34. The summed E-state index contributed by atoms with van der Waals surface area (Å²) in [6.07, 6.45) is 7.14. The van der Waals surface area contributed by atoms with Gasteiger partial charge >= 0.3 is 0 Å². The summed E-state index contributed by atoms with van der Waals surface area (Å²) in [4.78, 5) is 23.6. The summed E-state index contributed by atoms with van der Waals surface area (Å²) in [5.41, 5.74) is 0. The number of carbonyl (C=O) groups is 1. The molecule has 2 rings (SSSR count). The standard InChI is InChI=1S/C20H40N6O/c1-4-21-20(23-12-17-25-13-6-5-7-14-25)22-11-9-16-26-15-8-10-18(26)19(27)24(2)3/h18H,4-17H2,1-3H3,(H2,21,22,23). The second-order valence-electron chi connectivity index (χ2n) is 7.87. The molecule has 2 aliphatic rings. The van der Waals surface area contributed by atoms with Crippen LogP contribution in [0.15, 0.2) is 4.99 Å². The number of aliphatic imine (C=N–C) groups is 1. The first-order chi connectivity index (χ1) is 13.1. The third kappa shape index (κ3) is 7.66. The number of amides is 1. The van der Waals surface area contributed by atoms with Gasteiger partial charge in [-0.3, -0.25) is 14.7 Å². The zero-order chi connectivity index (χ0) is 19.5. The molecule has 1 unspecified atom stereocenters. The van der Waals surface area contributed by atoms with E-state index in [-0.39, 0.29) is 11.9 Å². The van der Waals surface area contributed by atoms with Crippen molar-refractivity contribution < 1.29 is 4.79 Å². The van der Waals surface area contributed by atoms with Gasteiger partial charge in [-0.2, -0.15) is 0 Å². The Bertz CT molecular complexity index is 461. The van der Waals surface area contributed by atoms with Crippen LogP contribution in [0.3, 0.4) is 0 Å². The van der Waals surface area contributed by atoms with Gasteiger partial charge in [-0.25, -0.2) is 0 Å². The van der Waals surface area contributed by atoms with Gasteiger partial charge < -0.3 is 20.4 Å². The van der Waals surface area contributed by atoms with Crippen molar-refractivity contribution in [2.24, 2.45) is 4.99 Å². The Labute approximate surface area is 165 Å². The van der Waals surface area contributed by atoms with Crippen LogP contribution in [0.2, 0.25) is 0 Å². The first-order valence-corrected chi connectivity index (χ1v) is 10.8. The van der Waals surface area contributed by atoms with Crippen molar-refractivity contribution in [1.82, 2.24) is 25.3 Å². The monoisotopic (exact) mass is 380 g/mol. The van der Waals surface area contributed by atoms with E-state index >= 15 is 0 Å². The topological polar surface area (TPSA) is 63.2 Å². The predicted molar refractivity (Wildman–Crippen MR) is 112 cm³/mol. The van der Waals surface area contributed by atoms with Crippen molar-refractivity contribution in [3.05, 3.63) is 0 Å². The van der Waals surface area contributed by atoms with Gasteiger partial charge in [-0.1, -0.05) is 6.42 Å². The van der Waals surface area contributed by atoms with E-state index in [1.165, 1.54) is 32.4 Å². The minimum Gasteiger partial charge on any atom is -0.357 e. The van der Waals surface area contributed by atoms with E-state index in [9.17, 15) is 4.79 Å². The molecule has 2 heterocycles. The summed E-state index contributed by atoms with van der Waals surface area (Å²) >= 11 is 0. The summed E-state index contributed by atoms with van der Waals surface area (Å²) in [6, 6.07) is 0.0693. The van der Waals surface area contributed by atoms with Crippen molar-refractivity contribution in [2.45, 2.75) is 51.5 Å². The van der Waals surface area contributed by atoms with Gasteiger partial charge in [0.2, 0.25) is 5.91 Å². The van der Waals surface area contributed by atoms with Gasteiger partial charge in [0.25, 0.3) is 0 Å². The Balaban J connectivity index is 1.68. The highest BCUT2D eigenvalue weighted by Crippen LogP contribution is 2.18. The lowest BCUT2D eigenvalue weighted by atomic mass is 10.1. The molecule has 2 fully saturated rings. The number of piperidine rings is 1. The van der Waals surface area contributed by atoms with Gasteiger partial charge in [0.05, 0.1) is 6.04 Å². The van der Waals surface area contributed by atoms with Gasteiger partial charge in [-0.15, -0.1) is 0 Å². The summed E-state index contributed by atoms with van der Waals surface area (Å²) in [7, 11) is 3.70. The largest absolute Gasteiger partial charge is 0.357 e. The lowest BCUT2D eigenvalue weighted by Gasteiger charge is -2.26. The lowest BCUT2D eigenvalue weighted by Crippen LogP contribution is -2.43. The molecule has 1 atom stereocenters. The molecule has 7 heteroatoms. The van der Waals surface area contributed by atoms with Gasteiger partial charge in [0, 0.05) is 46.8 Å². The summed E-state index contributed by atoms with van der Waals surface area (Å²) in [5, 5.41) is 6.80. The number of hydrogen-bond donors (Lipinski definition) is 2. The summed E-state index contributed by atoms with van der Waals surface area (Å²) in [5.74, 6) is 1.15. The van der Waals surface area contributed by atoms with Crippen molar-refractivity contribution in [1.29, 1.82) is 0 Å². The van der Waals surface area contributed by atoms with E-state index < -0.39 is 0 Å². The molecule has 156 valence electrons. The molecule has 0 aromatic carbocycles. The second-order valence-corrected chi connectivity index (χ2v) is 7.87. The number of likely N-dealkylation sites (tertiary alicyclic amines) is 2. The molecule has 0 bridgehead atoms. The van der Waals surface area contributed by atoms with E-state index in [4.69, 9.17) is 4.99 Å². The van der Waals surface area contributed by atoms with Crippen molar-refractivity contribution >= 4 is 11.9 Å². The van der Waals surface area contributed by atoms with Crippen LogP contribution in [-0.2, 0) is 4.79 Å². The highest BCUT2D eigenvalue weighted by atomic mass is 16.2. The second kappa shape index (κ2) is 12.2. The zero-order valence-electron chi connectivity index (χ0n) is 17.7.